The molecule has 1 saturated carbocycles. The first kappa shape index (κ1) is 17.2. The van der Waals surface area contributed by atoms with E-state index in [9.17, 15) is 5.11 Å². The van der Waals surface area contributed by atoms with Gasteiger partial charge in [-0.3, -0.25) is 0 Å². The molecule has 0 radical (unpaired) electrons. The normalized spacial score (nSPS) is 27.6. The van der Waals surface area contributed by atoms with E-state index in [-0.39, 0.29) is 5.41 Å². The predicted octanol–water partition coefficient (Wildman–Crippen LogP) is 4.59. The fourth-order valence-corrected chi connectivity index (χ4v) is 9.73. The van der Waals surface area contributed by atoms with Crippen molar-refractivity contribution in [3.63, 3.8) is 0 Å². The van der Waals surface area contributed by atoms with Crippen molar-refractivity contribution in [3.05, 3.63) is 0 Å². The minimum absolute atomic E-state index is 0.0890. The van der Waals surface area contributed by atoms with Crippen molar-refractivity contribution in [1.29, 1.82) is 0 Å². The Morgan fingerprint density at radius 3 is 1.84 bits per heavy atom. The van der Waals surface area contributed by atoms with Gasteiger partial charge < -0.3 is 9.53 Å². The van der Waals surface area contributed by atoms with E-state index in [1.807, 2.05) is 0 Å². The van der Waals surface area contributed by atoms with Crippen molar-refractivity contribution >= 4 is 8.32 Å². The van der Waals surface area contributed by atoms with Gasteiger partial charge in [0.15, 0.2) is 8.32 Å². The van der Waals surface area contributed by atoms with Crippen molar-refractivity contribution < 1.29 is 9.53 Å². The lowest BCUT2D eigenvalue weighted by atomic mass is 10.1. The lowest BCUT2D eigenvalue weighted by Crippen LogP contribution is -2.49. The van der Waals surface area contributed by atoms with Crippen LogP contribution in [0.4, 0.5) is 0 Å². The molecule has 0 aromatic rings. The highest BCUT2D eigenvalue weighted by Crippen LogP contribution is 2.55. The van der Waals surface area contributed by atoms with Crippen LogP contribution in [0.1, 0.15) is 61.3 Å². The van der Waals surface area contributed by atoms with Crippen molar-refractivity contribution in [3.8, 4) is 0 Å². The topological polar surface area (TPSA) is 29.5 Å². The maximum absolute atomic E-state index is 9.71. The Morgan fingerprint density at radius 2 is 1.58 bits per heavy atom. The maximum atomic E-state index is 9.71. The van der Waals surface area contributed by atoms with Gasteiger partial charge in [-0.15, -0.1) is 0 Å². The van der Waals surface area contributed by atoms with Crippen LogP contribution in [-0.4, -0.2) is 26.6 Å². The lowest BCUT2D eigenvalue weighted by molar-refractivity contribution is 0.122. The standard InChI is InChI=1S/C16H34O2Si/c1-8-15-9-16(15,10-17)11-18-19(12(2)3,13(4)5)14(6)7/h12-15,17H,8-11H2,1-7H3/t15-,16+/m0/s1. The first-order valence-corrected chi connectivity index (χ1v) is 10.2. The van der Waals surface area contributed by atoms with Crippen molar-refractivity contribution in [1.82, 2.24) is 0 Å². The minimum Gasteiger partial charge on any atom is -0.415 e. The number of aliphatic hydroxyl groups is 1. The van der Waals surface area contributed by atoms with Crippen molar-refractivity contribution in [2.45, 2.75) is 77.9 Å². The number of rotatable bonds is 8. The molecule has 0 heterocycles. The van der Waals surface area contributed by atoms with E-state index < -0.39 is 8.32 Å². The molecule has 1 aliphatic carbocycles. The Kier molecular flexibility index (Phi) is 5.68. The summed E-state index contributed by atoms with van der Waals surface area (Å²) >= 11 is 0. The maximum Gasteiger partial charge on any atom is 0.200 e. The summed E-state index contributed by atoms with van der Waals surface area (Å²) in [7, 11) is -1.77. The molecule has 2 atom stereocenters. The van der Waals surface area contributed by atoms with Gasteiger partial charge in [-0.1, -0.05) is 54.9 Å². The second kappa shape index (κ2) is 6.27. The van der Waals surface area contributed by atoms with Gasteiger partial charge in [-0.05, 0) is 29.0 Å². The quantitative estimate of drug-likeness (QED) is 0.661. The Hall–Kier alpha value is 0.137. The zero-order valence-corrected chi connectivity index (χ0v) is 15.0. The van der Waals surface area contributed by atoms with Gasteiger partial charge in [0.1, 0.15) is 0 Å². The van der Waals surface area contributed by atoms with Crippen LogP contribution in [0.15, 0.2) is 0 Å². The third-order valence-corrected chi connectivity index (χ3v) is 11.5. The van der Waals surface area contributed by atoms with Crippen LogP contribution in [0, 0.1) is 11.3 Å². The first-order chi connectivity index (χ1) is 8.76. The van der Waals surface area contributed by atoms with Crippen LogP contribution >= 0.6 is 0 Å². The summed E-state index contributed by atoms with van der Waals surface area (Å²) in [6, 6.07) is 0. The van der Waals surface area contributed by atoms with Crippen LogP contribution in [0.3, 0.4) is 0 Å². The summed E-state index contributed by atoms with van der Waals surface area (Å²) < 4.78 is 6.64. The molecular formula is C16H34O2Si. The van der Waals surface area contributed by atoms with Crippen LogP contribution in [-0.2, 0) is 4.43 Å². The van der Waals surface area contributed by atoms with Crippen LogP contribution in [0.25, 0.3) is 0 Å². The third kappa shape index (κ3) is 3.08. The second-order valence-corrected chi connectivity index (χ2v) is 12.9. The molecule has 0 unspecified atom stereocenters. The van der Waals surface area contributed by atoms with Gasteiger partial charge in [0.05, 0.1) is 6.61 Å². The smallest absolute Gasteiger partial charge is 0.200 e. The third-order valence-electron chi connectivity index (χ3n) is 5.48. The van der Waals surface area contributed by atoms with Gasteiger partial charge in [0, 0.05) is 12.0 Å². The minimum atomic E-state index is -1.77. The summed E-state index contributed by atoms with van der Waals surface area (Å²) in [6.45, 7) is 17.2. The van der Waals surface area contributed by atoms with E-state index >= 15 is 0 Å². The molecular weight excluding hydrogens is 252 g/mol. The fourth-order valence-electron chi connectivity index (χ4n) is 4.19. The number of hydrogen-bond acceptors (Lipinski definition) is 2. The summed E-state index contributed by atoms with van der Waals surface area (Å²) in [5.74, 6) is 0.677. The molecule has 0 aliphatic heterocycles. The van der Waals surface area contributed by atoms with Crippen LogP contribution < -0.4 is 0 Å². The highest BCUT2D eigenvalue weighted by atomic mass is 28.4. The Labute approximate surface area is 121 Å². The zero-order valence-electron chi connectivity index (χ0n) is 14.0. The first-order valence-electron chi connectivity index (χ1n) is 8.01. The molecule has 0 bridgehead atoms. The summed E-state index contributed by atoms with van der Waals surface area (Å²) in [5, 5.41) is 9.71. The largest absolute Gasteiger partial charge is 0.415 e. The monoisotopic (exact) mass is 286 g/mol. The molecule has 3 heteroatoms. The van der Waals surface area contributed by atoms with Crippen LogP contribution in [0.2, 0.25) is 16.6 Å². The zero-order chi connectivity index (χ0) is 14.8. The average Bonchev–Trinajstić information content (AvgIpc) is 3.03. The molecule has 0 aromatic heterocycles. The van der Waals surface area contributed by atoms with Gasteiger partial charge in [-0.2, -0.15) is 0 Å². The van der Waals surface area contributed by atoms with E-state index in [0.717, 1.165) is 13.0 Å². The lowest BCUT2D eigenvalue weighted by Gasteiger charge is -2.43. The molecule has 0 spiro atoms. The van der Waals surface area contributed by atoms with E-state index in [4.69, 9.17) is 4.43 Å². The summed E-state index contributed by atoms with van der Waals surface area (Å²) in [6.07, 6.45) is 2.32. The van der Waals surface area contributed by atoms with E-state index in [1.54, 1.807) is 0 Å². The average molecular weight is 287 g/mol. The highest BCUT2D eigenvalue weighted by Gasteiger charge is 2.55. The van der Waals surface area contributed by atoms with Crippen molar-refractivity contribution in [2.24, 2.45) is 11.3 Å². The molecule has 1 rings (SSSR count). The second-order valence-electron chi connectivity index (χ2n) is 7.44. The number of hydrogen-bond donors (Lipinski definition) is 1. The van der Waals surface area contributed by atoms with E-state index in [2.05, 4.69) is 48.5 Å². The summed E-state index contributed by atoms with van der Waals surface area (Å²) in [5.41, 5.74) is 1.97. The Bertz CT molecular complexity index is 267. The predicted molar refractivity (Wildman–Crippen MR) is 84.9 cm³/mol. The van der Waals surface area contributed by atoms with Gasteiger partial charge >= 0.3 is 0 Å². The molecule has 0 aromatic carbocycles. The molecule has 0 amide bonds. The van der Waals surface area contributed by atoms with Gasteiger partial charge in [0.2, 0.25) is 0 Å². The molecule has 114 valence electrons. The fraction of sp³-hybridized carbons (Fsp3) is 1.00. The van der Waals surface area contributed by atoms with E-state index in [0.29, 0.717) is 29.1 Å². The van der Waals surface area contributed by atoms with Crippen molar-refractivity contribution in [2.75, 3.05) is 13.2 Å². The molecule has 19 heavy (non-hydrogen) atoms. The Morgan fingerprint density at radius 1 is 1.11 bits per heavy atom. The SMILES string of the molecule is CC[C@H]1C[C@@]1(CO)CO[Si](C(C)C)(C(C)C)C(C)C. The van der Waals surface area contributed by atoms with Gasteiger partial charge in [0.25, 0.3) is 0 Å². The van der Waals surface area contributed by atoms with Gasteiger partial charge in [-0.25, -0.2) is 0 Å². The Balaban J connectivity index is 2.80. The number of aliphatic hydroxyl groups excluding tert-OH is 1. The van der Waals surface area contributed by atoms with E-state index in [1.165, 1.54) is 6.42 Å². The molecule has 1 N–H and O–H groups in total. The molecule has 1 fully saturated rings. The molecule has 0 saturated heterocycles. The highest BCUT2D eigenvalue weighted by molar-refractivity contribution is 6.77. The molecule has 2 nitrogen and oxygen atoms in total. The van der Waals surface area contributed by atoms with Crippen LogP contribution in [0.5, 0.6) is 0 Å². The summed E-state index contributed by atoms with van der Waals surface area (Å²) in [4.78, 5) is 0. The molecule has 1 aliphatic rings.